The van der Waals surface area contributed by atoms with E-state index in [1.807, 2.05) is 12.1 Å². The molecule has 144 valence electrons. The molecule has 0 aliphatic carbocycles. The lowest BCUT2D eigenvalue weighted by molar-refractivity contribution is 0.109. The van der Waals surface area contributed by atoms with Crippen LogP contribution >= 0.6 is 0 Å². The number of piperidine rings is 1. The minimum atomic E-state index is -2.56. The number of rotatable bonds is 7. The number of fused-ring (bicyclic) bond motifs is 1. The van der Waals surface area contributed by atoms with E-state index in [0.717, 1.165) is 19.5 Å². The Bertz CT molecular complexity index is 727. The SMILES string of the molecule is CCCCCCN1CC[C@](C)(c2ccc3[nH]c(C(F)F)nc3c2)[C@@H](C)C1. The van der Waals surface area contributed by atoms with Crippen LogP contribution in [0.3, 0.4) is 0 Å². The molecule has 1 aromatic carbocycles. The molecule has 0 bridgehead atoms. The number of nitrogens with zero attached hydrogens (tertiary/aromatic N) is 2. The van der Waals surface area contributed by atoms with E-state index >= 15 is 0 Å². The zero-order valence-electron chi connectivity index (χ0n) is 16.2. The number of imidazole rings is 1. The van der Waals surface area contributed by atoms with Crippen molar-refractivity contribution >= 4 is 11.0 Å². The number of hydrogen-bond acceptors (Lipinski definition) is 2. The predicted molar refractivity (Wildman–Crippen MR) is 103 cm³/mol. The first-order chi connectivity index (χ1) is 12.4. The number of benzene rings is 1. The van der Waals surface area contributed by atoms with Crippen LogP contribution < -0.4 is 0 Å². The van der Waals surface area contributed by atoms with Gasteiger partial charge < -0.3 is 9.88 Å². The van der Waals surface area contributed by atoms with Crippen LogP contribution in [0.2, 0.25) is 0 Å². The zero-order chi connectivity index (χ0) is 18.7. The third kappa shape index (κ3) is 3.93. The Hall–Kier alpha value is -1.49. The Kier molecular flexibility index (Phi) is 5.96. The molecule has 3 nitrogen and oxygen atoms in total. The number of unbranched alkanes of at least 4 members (excludes halogenated alkanes) is 3. The van der Waals surface area contributed by atoms with Crippen molar-refractivity contribution in [3.63, 3.8) is 0 Å². The molecule has 5 heteroatoms. The Morgan fingerprint density at radius 1 is 1.31 bits per heavy atom. The van der Waals surface area contributed by atoms with Gasteiger partial charge in [0.1, 0.15) is 0 Å². The summed E-state index contributed by atoms with van der Waals surface area (Å²) in [7, 11) is 0. The highest BCUT2D eigenvalue weighted by atomic mass is 19.3. The molecule has 2 aromatic rings. The number of halogens is 2. The summed E-state index contributed by atoms with van der Waals surface area (Å²) in [6.07, 6.45) is 3.74. The normalized spacial score (nSPS) is 24.6. The minimum absolute atomic E-state index is 0.0675. The number of hydrogen-bond donors (Lipinski definition) is 1. The van der Waals surface area contributed by atoms with Crippen LogP contribution in [0.5, 0.6) is 0 Å². The Morgan fingerprint density at radius 2 is 2.12 bits per heavy atom. The van der Waals surface area contributed by atoms with Gasteiger partial charge in [-0.15, -0.1) is 0 Å². The summed E-state index contributed by atoms with van der Waals surface area (Å²) in [4.78, 5) is 9.39. The molecular formula is C21H31F2N3. The number of nitrogens with one attached hydrogen (secondary N) is 1. The maximum Gasteiger partial charge on any atom is 0.295 e. The molecule has 1 saturated heterocycles. The largest absolute Gasteiger partial charge is 0.337 e. The lowest BCUT2D eigenvalue weighted by atomic mass is 9.68. The third-order valence-electron chi connectivity index (χ3n) is 6.26. The second-order valence-electron chi connectivity index (χ2n) is 8.08. The fourth-order valence-electron chi connectivity index (χ4n) is 4.20. The molecule has 1 aliphatic rings. The maximum atomic E-state index is 12.9. The van der Waals surface area contributed by atoms with Crippen LogP contribution in [-0.4, -0.2) is 34.5 Å². The van der Waals surface area contributed by atoms with Crippen molar-refractivity contribution in [3.05, 3.63) is 29.6 Å². The first-order valence-corrected chi connectivity index (χ1v) is 9.94. The van der Waals surface area contributed by atoms with Crippen molar-refractivity contribution in [1.29, 1.82) is 0 Å². The van der Waals surface area contributed by atoms with Gasteiger partial charge >= 0.3 is 0 Å². The van der Waals surface area contributed by atoms with Crippen LogP contribution in [-0.2, 0) is 5.41 Å². The Morgan fingerprint density at radius 3 is 2.81 bits per heavy atom. The van der Waals surface area contributed by atoms with Gasteiger partial charge in [0.15, 0.2) is 5.82 Å². The summed E-state index contributed by atoms with van der Waals surface area (Å²) in [5.41, 5.74) is 2.62. The van der Waals surface area contributed by atoms with Crippen molar-refractivity contribution in [2.24, 2.45) is 5.92 Å². The minimum Gasteiger partial charge on any atom is -0.337 e. The van der Waals surface area contributed by atoms with Gasteiger partial charge in [-0.25, -0.2) is 13.8 Å². The highest BCUT2D eigenvalue weighted by molar-refractivity contribution is 5.76. The summed E-state index contributed by atoms with van der Waals surface area (Å²) in [5.74, 6) is 0.283. The summed E-state index contributed by atoms with van der Waals surface area (Å²) in [6.45, 7) is 10.3. The van der Waals surface area contributed by atoms with Gasteiger partial charge in [-0.05, 0) is 55.0 Å². The molecule has 1 aromatic heterocycles. The predicted octanol–water partition coefficient (Wildman–Crippen LogP) is 5.68. The van der Waals surface area contributed by atoms with Gasteiger partial charge in [-0.1, -0.05) is 46.1 Å². The monoisotopic (exact) mass is 363 g/mol. The first-order valence-electron chi connectivity index (χ1n) is 9.94. The maximum absolute atomic E-state index is 12.9. The van der Waals surface area contributed by atoms with Crippen LogP contribution in [0.15, 0.2) is 18.2 Å². The fraction of sp³-hybridized carbons (Fsp3) is 0.667. The molecule has 3 rings (SSSR count). The molecule has 1 aliphatic heterocycles. The van der Waals surface area contributed by atoms with Crippen molar-refractivity contribution in [1.82, 2.24) is 14.9 Å². The van der Waals surface area contributed by atoms with Gasteiger partial charge in [0.2, 0.25) is 0 Å². The standard InChI is InChI=1S/C21H31F2N3/c1-4-5-6-7-11-26-12-10-21(3,15(2)14-26)16-8-9-17-18(13-16)25-20(24-17)19(22)23/h8-9,13,15,19H,4-7,10-12,14H2,1-3H3,(H,24,25)/t15-,21-/m0/s1. The van der Waals surface area contributed by atoms with Crippen LogP contribution in [0.4, 0.5) is 8.78 Å². The molecule has 26 heavy (non-hydrogen) atoms. The van der Waals surface area contributed by atoms with Gasteiger partial charge in [-0.2, -0.15) is 0 Å². The molecule has 0 unspecified atom stereocenters. The molecule has 0 saturated carbocycles. The molecule has 2 heterocycles. The van der Waals surface area contributed by atoms with E-state index in [0.29, 0.717) is 17.0 Å². The number of alkyl halides is 2. The van der Waals surface area contributed by atoms with E-state index in [-0.39, 0.29) is 11.2 Å². The summed E-state index contributed by atoms with van der Waals surface area (Å²) >= 11 is 0. The molecule has 2 atom stereocenters. The molecular weight excluding hydrogens is 332 g/mol. The van der Waals surface area contributed by atoms with E-state index in [9.17, 15) is 8.78 Å². The summed E-state index contributed by atoms with van der Waals surface area (Å²) in [6, 6.07) is 5.99. The topological polar surface area (TPSA) is 31.9 Å². The highest BCUT2D eigenvalue weighted by Gasteiger charge is 2.38. The lowest BCUT2D eigenvalue weighted by Gasteiger charge is -2.45. The van der Waals surface area contributed by atoms with Gasteiger partial charge in [0, 0.05) is 6.54 Å². The molecule has 0 amide bonds. The van der Waals surface area contributed by atoms with E-state index in [1.54, 1.807) is 0 Å². The molecule has 1 fully saturated rings. The number of H-pyrrole nitrogens is 1. The zero-order valence-corrected chi connectivity index (χ0v) is 16.2. The first kappa shape index (κ1) is 19.3. The number of likely N-dealkylation sites (tertiary alicyclic amines) is 1. The van der Waals surface area contributed by atoms with Crippen LogP contribution in [0.1, 0.15) is 70.7 Å². The number of aromatic nitrogens is 2. The quantitative estimate of drug-likeness (QED) is 0.642. The Labute approximate surface area is 155 Å². The van der Waals surface area contributed by atoms with Crippen molar-refractivity contribution in [2.45, 2.75) is 64.7 Å². The van der Waals surface area contributed by atoms with E-state index < -0.39 is 6.43 Å². The van der Waals surface area contributed by atoms with Crippen LogP contribution in [0, 0.1) is 5.92 Å². The number of aromatic amines is 1. The fourth-order valence-corrected chi connectivity index (χ4v) is 4.20. The van der Waals surface area contributed by atoms with Crippen molar-refractivity contribution < 1.29 is 8.78 Å². The smallest absolute Gasteiger partial charge is 0.295 e. The van der Waals surface area contributed by atoms with Gasteiger partial charge in [0.05, 0.1) is 11.0 Å². The molecule has 1 N–H and O–H groups in total. The van der Waals surface area contributed by atoms with Gasteiger partial charge in [0.25, 0.3) is 6.43 Å². The van der Waals surface area contributed by atoms with E-state index in [2.05, 4.69) is 41.7 Å². The average Bonchev–Trinajstić information content (AvgIpc) is 3.05. The van der Waals surface area contributed by atoms with Crippen molar-refractivity contribution in [2.75, 3.05) is 19.6 Å². The van der Waals surface area contributed by atoms with E-state index in [1.165, 1.54) is 37.8 Å². The van der Waals surface area contributed by atoms with Crippen LogP contribution in [0.25, 0.3) is 11.0 Å². The Balaban J connectivity index is 1.71. The van der Waals surface area contributed by atoms with Crippen molar-refractivity contribution in [3.8, 4) is 0 Å². The second-order valence-corrected chi connectivity index (χ2v) is 8.08. The van der Waals surface area contributed by atoms with E-state index in [4.69, 9.17) is 0 Å². The second kappa shape index (κ2) is 8.03. The molecule has 0 radical (unpaired) electrons. The average molecular weight is 363 g/mol. The summed E-state index contributed by atoms with van der Waals surface area (Å²) < 4.78 is 25.8. The molecule has 0 spiro atoms. The van der Waals surface area contributed by atoms with Gasteiger partial charge in [-0.3, -0.25) is 0 Å². The highest BCUT2D eigenvalue weighted by Crippen LogP contribution is 2.40. The summed E-state index contributed by atoms with van der Waals surface area (Å²) in [5, 5.41) is 0. The third-order valence-corrected chi connectivity index (χ3v) is 6.26. The lowest BCUT2D eigenvalue weighted by Crippen LogP contribution is -2.47.